The van der Waals surface area contributed by atoms with Gasteiger partial charge in [0.25, 0.3) is 5.91 Å². The average Bonchev–Trinajstić information content (AvgIpc) is 2.84. The summed E-state index contributed by atoms with van der Waals surface area (Å²) in [6.45, 7) is 3.52. The quantitative estimate of drug-likeness (QED) is 0.216. The van der Waals surface area contributed by atoms with Crippen molar-refractivity contribution in [3.05, 3.63) is 60.2 Å². The maximum atomic E-state index is 12.6. The SMILES string of the molecule is CCOCCN(Cc1ccc(NC(=O)C(N)CC(Oc2ccccc2)SC)cc1)C(=O)C(Cl)Cl. The number of thioether (sulfide) groups is 1. The van der Waals surface area contributed by atoms with Crippen LogP contribution in [0.4, 0.5) is 5.69 Å². The number of nitrogens with one attached hydrogen (secondary N) is 1. The number of nitrogens with two attached hydrogens (primary N) is 1. The minimum absolute atomic E-state index is 0.251. The van der Waals surface area contributed by atoms with Gasteiger partial charge < -0.3 is 25.4 Å². The highest BCUT2D eigenvalue weighted by Crippen LogP contribution is 2.20. The van der Waals surface area contributed by atoms with Gasteiger partial charge in [-0.1, -0.05) is 53.5 Å². The zero-order valence-electron chi connectivity index (χ0n) is 19.3. The van der Waals surface area contributed by atoms with E-state index in [1.165, 1.54) is 11.8 Å². The second kappa shape index (κ2) is 15.1. The van der Waals surface area contributed by atoms with Crippen molar-refractivity contribution in [2.24, 2.45) is 5.73 Å². The van der Waals surface area contributed by atoms with Crippen LogP contribution in [0.15, 0.2) is 54.6 Å². The molecule has 0 saturated heterocycles. The fourth-order valence-corrected chi connectivity index (χ4v) is 3.91. The van der Waals surface area contributed by atoms with E-state index in [0.717, 1.165) is 11.3 Å². The van der Waals surface area contributed by atoms with Crippen LogP contribution in [0.5, 0.6) is 5.75 Å². The molecule has 0 aromatic heterocycles. The lowest BCUT2D eigenvalue weighted by Gasteiger charge is -2.23. The predicted octanol–water partition coefficient (Wildman–Crippen LogP) is 4.28. The van der Waals surface area contributed by atoms with Crippen LogP contribution in [0.25, 0.3) is 0 Å². The second-order valence-electron chi connectivity index (χ2n) is 7.38. The second-order valence-corrected chi connectivity index (χ2v) is 9.48. The number of para-hydroxylation sites is 1. The Balaban J connectivity index is 1.91. The molecule has 186 valence electrons. The minimum atomic E-state index is -1.14. The highest BCUT2D eigenvalue weighted by atomic mass is 35.5. The largest absolute Gasteiger partial charge is 0.480 e. The molecule has 0 heterocycles. The maximum Gasteiger partial charge on any atom is 0.256 e. The number of amides is 2. The van der Waals surface area contributed by atoms with Gasteiger partial charge in [-0.2, -0.15) is 0 Å². The number of nitrogens with zero attached hydrogens (tertiary/aromatic N) is 1. The third kappa shape index (κ3) is 9.72. The monoisotopic (exact) mass is 527 g/mol. The fraction of sp³-hybridized carbons (Fsp3) is 0.417. The van der Waals surface area contributed by atoms with Gasteiger partial charge in [0.05, 0.1) is 12.6 Å². The van der Waals surface area contributed by atoms with Crippen molar-refractivity contribution in [3.8, 4) is 5.75 Å². The third-order valence-electron chi connectivity index (χ3n) is 4.86. The number of ether oxygens (including phenoxy) is 2. The first-order chi connectivity index (χ1) is 16.3. The van der Waals surface area contributed by atoms with E-state index in [4.69, 9.17) is 38.4 Å². The van der Waals surface area contributed by atoms with Gasteiger partial charge >= 0.3 is 0 Å². The van der Waals surface area contributed by atoms with Crippen molar-refractivity contribution < 1.29 is 19.1 Å². The van der Waals surface area contributed by atoms with E-state index < -0.39 is 10.9 Å². The lowest BCUT2D eigenvalue weighted by Crippen LogP contribution is -2.39. The highest BCUT2D eigenvalue weighted by molar-refractivity contribution is 7.99. The van der Waals surface area contributed by atoms with Crippen molar-refractivity contribution >= 4 is 52.5 Å². The predicted molar refractivity (Wildman–Crippen MR) is 139 cm³/mol. The van der Waals surface area contributed by atoms with Crippen LogP contribution in [-0.2, 0) is 20.9 Å². The summed E-state index contributed by atoms with van der Waals surface area (Å²) in [5.41, 5.74) is 7.34. The number of carbonyl (C=O) groups excluding carboxylic acids is 2. The van der Waals surface area contributed by atoms with Gasteiger partial charge in [0.2, 0.25) is 5.91 Å². The summed E-state index contributed by atoms with van der Waals surface area (Å²) >= 11 is 13.0. The number of halogens is 2. The van der Waals surface area contributed by atoms with E-state index in [1.807, 2.05) is 55.6 Å². The first-order valence-corrected chi connectivity index (χ1v) is 13.0. The Morgan fingerprint density at radius 3 is 2.38 bits per heavy atom. The van der Waals surface area contributed by atoms with Crippen LogP contribution < -0.4 is 15.8 Å². The number of carbonyl (C=O) groups is 2. The van der Waals surface area contributed by atoms with E-state index in [0.29, 0.717) is 38.4 Å². The number of hydrogen-bond acceptors (Lipinski definition) is 6. The lowest BCUT2D eigenvalue weighted by atomic mass is 10.1. The normalized spacial score (nSPS) is 12.8. The Morgan fingerprint density at radius 2 is 1.79 bits per heavy atom. The molecule has 0 saturated carbocycles. The maximum absolute atomic E-state index is 12.6. The van der Waals surface area contributed by atoms with Crippen LogP contribution in [0.3, 0.4) is 0 Å². The average molecular weight is 529 g/mol. The summed E-state index contributed by atoms with van der Waals surface area (Å²) in [5, 5.41) is 2.83. The van der Waals surface area contributed by atoms with Crippen LogP contribution in [-0.4, -0.2) is 59.0 Å². The van der Waals surface area contributed by atoms with Crippen LogP contribution in [0, 0.1) is 0 Å². The molecule has 2 aromatic rings. The molecule has 7 nitrogen and oxygen atoms in total. The Hall–Kier alpha value is -1.97. The third-order valence-corrected chi connectivity index (χ3v) is 6.05. The topological polar surface area (TPSA) is 93.9 Å². The van der Waals surface area contributed by atoms with E-state index in [-0.39, 0.29) is 17.3 Å². The summed E-state index contributed by atoms with van der Waals surface area (Å²) in [5.74, 6) is 0.0463. The lowest BCUT2D eigenvalue weighted by molar-refractivity contribution is -0.130. The first-order valence-electron chi connectivity index (χ1n) is 10.9. The molecule has 2 aromatic carbocycles. The molecule has 2 rings (SSSR count). The number of benzene rings is 2. The molecule has 3 N–H and O–H groups in total. The van der Waals surface area contributed by atoms with Crippen molar-refractivity contribution in [1.82, 2.24) is 4.90 Å². The standard InChI is InChI=1S/C24H31Cl2N3O4S/c1-3-32-14-13-29(24(31)22(25)26)16-17-9-11-18(12-10-17)28-23(30)20(27)15-21(34-2)33-19-7-5-4-6-8-19/h4-12,20-22H,3,13-16,27H2,1-2H3,(H,28,30). The van der Waals surface area contributed by atoms with E-state index >= 15 is 0 Å². The van der Waals surface area contributed by atoms with Crippen molar-refractivity contribution in [2.45, 2.75) is 36.2 Å². The molecular weight excluding hydrogens is 497 g/mol. The van der Waals surface area contributed by atoms with E-state index in [1.54, 1.807) is 17.0 Å². The van der Waals surface area contributed by atoms with Crippen LogP contribution >= 0.6 is 35.0 Å². The van der Waals surface area contributed by atoms with Crippen molar-refractivity contribution in [1.29, 1.82) is 0 Å². The summed E-state index contributed by atoms with van der Waals surface area (Å²) in [4.78, 5) is 25.3. The number of alkyl halides is 2. The first kappa shape index (κ1) is 28.3. The Labute approximate surface area is 215 Å². The molecule has 2 unspecified atom stereocenters. The fourth-order valence-electron chi connectivity index (χ4n) is 3.03. The summed E-state index contributed by atoms with van der Waals surface area (Å²) in [7, 11) is 0. The molecule has 0 radical (unpaired) electrons. The molecule has 0 spiro atoms. The molecule has 10 heteroatoms. The smallest absolute Gasteiger partial charge is 0.256 e. The molecular formula is C24H31Cl2N3O4S. The molecule has 0 aliphatic heterocycles. The Bertz CT molecular complexity index is 888. The molecule has 0 aliphatic carbocycles. The zero-order chi connectivity index (χ0) is 24.9. The van der Waals surface area contributed by atoms with Gasteiger partial charge in [-0.25, -0.2) is 0 Å². The molecule has 0 bridgehead atoms. The minimum Gasteiger partial charge on any atom is -0.480 e. The van der Waals surface area contributed by atoms with Crippen LogP contribution in [0.1, 0.15) is 18.9 Å². The Morgan fingerprint density at radius 1 is 1.12 bits per heavy atom. The summed E-state index contributed by atoms with van der Waals surface area (Å²) < 4.78 is 11.2. The molecule has 0 fully saturated rings. The van der Waals surface area contributed by atoms with Crippen molar-refractivity contribution in [3.63, 3.8) is 0 Å². The molecule has 2 amide bonds. The summed E-state index contributed by atoms with van der Waals surface area (Å²) in [6, 6.07) is 15.8. The molecule has 0 aliphatic rings. The highest BCUT2D eigenvalue weighted by Gasteiger charge is 2.22. The van der Waals surface area contributed by atoms with Gasteiger partial charge in [0, 0.05) is 31.8 Å². The number of anilines is 1. The van der Waals surface area contributed by atoms with Gasteiger partial charge in [0.1, 0.15) is 11.2 Å². The van der Waals surface area contributed by atoms with Gasteiger partial charge in [-0.3, -0.25) is 9.59 Å². The van der Waals surface area contributed by atoms with E-state index in [2.05, 4.69) is 5.32 Å². The van der Waals surface area contributed by atoms with Gasteiger partial charge in [-0.15, -0.1) is 11.8 Å². The van der Waals surface area contributed by atoms with E-state index in [9.17, 15) is 9.59 Å². The zero-order valence-corrected chi connectivity index (χ0v) is 21.6. The van der Waals surface area contributed by atoms with Crippen LogP contribution in [0.2, 0.25) is 0 Å². The molecule has 2 atom stereocenters. The number of rotatable bonds is 14. The summed E-state index contributed by atoms with van der Waals surface area (Å²) in [6.07, 6.45) is 2.27. The van der Waals surface area contributed by atoms with Crippen molar-refractivity contribution in [2.75, 3.05) is 31.3 Å². The number of hydrogen-bond donors (Lipinski definition) is 2. The Kier molecular flexibility index (Phi) is 12.6. The van der Waals surface area contributed by atoms with Gasteiger partial charge in [0.15, 0.2) is 4.84 Å². The molecule has 34 heavy (non-hydrogen) atoms. The van der Waals surface area contributed by atoms with Gasteiger partial charge in [-0.05, 0) is 43.0 Å².